The Balaban J connectivity index is 2.59. The summed E-state index contributed by atoms with van der Waals surface area (Å²) in [5.74, 6) is 0.270. The maximum absolute atomic E-state index is 10.7. The number of amides is 1. The van der Waals surface area contributed by atoms with Crippen LogP contribution in [0.1, 0.15) is 33.6 Å². The monoisotopic (exact) mass is 226 g/mol. The van der Waals surface area contributed by atoms with Crippen LogP contribution in [-0.2, 0) is 0 Å². The molecule has 0 bridgehead atoms. The van der Waals surface area contributed by atoms with E-state index in [0.717, 1.165) is 12.8 Å². The van der Waals surface area contributed by atoms with Crippen molar-refractivity contribution < 1.29 is 9.90 Å². The molecule has 1 fully saturated rings. The molecule has 90 valence electrons. The number of rotatable bonds is 3. The topological polar surface area (TPSA) is 98.1 Å². The highest BCUT2D eigenvalue weighted by Crippen LogP contribution is 2.39. The minimum atomic E-state index is -0.993. The minimum absolute atomic E-state index is 0.0374. The van der Waals surface area contributed by atoms with Crippen molar-refractivity contribution in [3.8, 4) is 0 Å². The van der Waals surface area contributed by atoms with E-state index < -0.39 is 6.09 Å². The molecule has 0 aromatic carbocycles. The molecule has 1 amide bonds. The number of nitrogens with one attached hydrogen (secondary N) is 1. The number of nitrogens with zero attached hydrogens (tertiary/aromatic N) is 3. The number of hydrogen-bond donors (Lipinski definition) is 2. The standard InChI is InChI=1S/C10H18N4O2/c1-10(2,3)8(12-9(15)16)6-4-7(5-6)13-14-11/h6-8,12H,4-5H2,1-3H3,(H,15,16)/t6-,7-,8?. The summed E-state index contributed by atoms with van der Waals surface area (Å²) < 4.78 is 0. The van der Waals surface area contributed by atoms with E-state index in [9.17, 15) is 4.79 Å². The maximum Gasteiger partial charge on any atom is 0.404 e. The molecule has 1 unspecified atom stereocenters. The third-order valence-corrected chi connectivity index (χ3v) is 3.05. The Morgan fingerprint density at radius 1 is 1.56 bits per heavy atom. The Morgan fingerprint density at radius 3 is 2.50 bits per heavy atom. The van der Waals surface area contributed by atoms with Gasteiger partial charge < -0.3 is 10.4 Å². The van der Waals surface area contributed by atoms with Crippen LogP contribution >= 0.6 is 0 Å². The normalized spacial score (nSPS) is 26.2. The molecule has 1 aliphatic carbocycles. The van der Waals surface area contributed by atoms with Crippen molar-refractivity contribution in [1.29, 1.82) is 0 Å². The van der Waals surface area contributed by atoms with Gasteiger partial charge in [-0.3, -0.25) is 0 Å². The van der Waals surface area contributed by atoms with E-state index in [0.29, 0.717) is 0 Å². The zero-order valence-corrected chi connectivity index (χ0v) is 9.84. The first kappa shape index (κ1) is 12.6. The van der Waals surface area contributed by atoms with Gasteiger partial charge in [0.1, 0.15) is 0 Å². The molecule has 0 saturated heterocycles. The molecule has 0 aromatic rings. The summed E-state index contributed by atoms with van der Waals surface area (Å²) in [7, 11) is 0. The predicted molar refractivity (Wildman–Crippen MR) is 60.1 cm³/mol. The zero-order chi connectivity index (χ0) is 12.3. The highest BCUT2D eigenvalue weighted by Gasteiger charge is 2.40. The van der Waals surface area contributed by atoms with Crippen LogP contribution in [-0.4, -0.2) is 23.3 Å². The van der Waals surface area contributed by atoms with Gasteiger partial charge in [-0.1, -0.05) is 25.9 Å². The molecule has 0 heterocycles. The highest BCUT2D eigenvalue weighted by molar-refractivity contribution is 5.65. The second-order valence-electron chi connectivity index (χ2n) is 5.38. The summed E-state index contributed by atoms with van der Waals surface area (Å²) in [5.41, 5.74) is 8.16. The lowest BCUT2D eigenvalue weighted by molar-refractivity contribution is 0.106. The van der Waals surface area contributed by atoms with Gasteiger partial charge in [0.05, 0.1) is 0 Å². The number of carbonyl (C=O) groups is 1. The molecule has 1 saturated carbocycles. The van der Waals surface area contributed by atoms with Gasteiger partial charge in [-0.25, -0.2) is 4.79 Å². The van der Waals surface area contributed by atoms with Gasteiger partial charge in [0.15, 0.2) is 0 Å². The van der Waals surface area contributed by atoms with Crippen LogP contribution in [0, 0.1) is 11.3 Å². The fourth-order valence-corrected chi connectivity index (χ4v) is 2.24. The summed E-state index contributed by atoms with van der Waals surface area (Å²) in [5, 5.41) is 15.0. The molecule has 6 heteroatoms. The molecule has 1 atom stereocenters. The maximum atomic E-state index is 10.7. The lowest BCUT2D eigenvalue weighted by Crippen LogP contribution is -2.52. The average molecular weight is 226 g/mol. The Hall–Kier alpha value is -1.42. The smallest absolute Gasteiger partial charge is 0.404 e. The Morgan fingerprint density at radius 2 is 2.12 bits per heavy atom. The summed E-state index contributed by atoms with van der Waals surface area (Å²) in [6.45, 7) is 6.03. The van der Waals surface area contributed by atoms with E-state index in [1.807, 2.05) is 20.8 Å². The fourth-order valence-electron chi connectivity index (χ4n) is 2.24. The molecule has 1 aliphatic rings. The van der Waals surface area contributed by atoms with Crippen LogP contribution in [0.5, 0.6) is 0 Å². The highest BCUT2D eigenvalue weighted by atomic mass is 16.4. The zero-order valence-electron chi connectivity index (χ0n) is 9.84. The largest absolute Gasteiger partial charge is 0.465 e. The van der Waals surface area contributed by atoms with Crippen LogP contribution in [0.3, 0.4) is 0 Å². The van der Waals surface area contributed by atoms with Crippen molar-refractivity contribution in [3.63, 3.8) is 0 Å². The summed E-state index contributed by atoms with van der Waals surface area (Å²) in [6.07, 6.45) is 0.547. The minimum Gasteiger partial charge on any atom is -0.465 e. The van der Waals surface area contributed by atoms with Crippen LogP contribution in [0.15, 0.2) is 5.11 Å². The molecule has 0 aromatic heterocycles. The molecule has 0 aliphatic heterocycles. The van der Waals surface area contributed by atoms with Gasteiger partial charge >= 0.3 is 6.09 Å². The molecule has 0 spiro atoms. The molecule has 16 heavy (non-hydrogen) atoms. The second kappa shape index (κ2) is 4.61. The van der Waals surface area contributed by atoms with E-state index in [2.05, 4.69) is 15.3 Å². The first-order chi connectivity index (χ1) is 7.34. The van der Waals surface area contributed by atoms with Crippen LogP contribution in [0.4, 0.5) is 4.79 Å². The Labute approximate surface area is 94.7 Å². The SMILES string of the molecule is CC(C)(C)C(NC(=O)O)[C@H]1C[C@H](N=[N+]=[N-])C1. The van der Waals surface area contributed by atoms with E-state index >= 15 is 0 Å². The number of hydrogen-bond acceptors (Lipinski definition) is 2. The number of carboxylic acid groups (broad SMARTS) is 1. The average Bonchev–Trinajstić information content (AvgIpc) is 2.05. The summed E-state index contributed by atoms with van der Waals surface area (Å²) >= 11 is 0. The molecule has 1 rings (SSSR count). The molecule has 0 radical (unpaired) electrons. The molecule has 6 nitrogen and oxygen atoms in total. The first-order valence-corrected chi connectivity index (χ1v) is 5.38. The fraction of sp³-hybridized carbons (Fsp3) is 0.900. The lowest BCUT2D eigenvalue weighted by atomic mass is 9.68. The molecule has 2 N–H and O–H groups in total. The van der Waals surface area contributed by atoms with Crippen molar-refractivity contribution in [2.45, 2.75) is 45.7 Å². The van der Waals surface area contributed by atoms with E-state index in [4.69, 9.17) is 10.6 Å². The van der Waals surface area contributed by atoms with Crippen LogP contribution < -0.4 is 5.32 Å². The van der Waals surface area contributed by atoms with Crippen molar-refractivity contribution in [2.75, 3.05) is 0 Å². The van der Waals surface area contributed by atoms with Gasteiger partial charge in [0.2, 0.25) is 0 Å². The van der Waals surface area contributed by atoms with Gasteiger partial charge in [-0.15, -0.1) is 0 Å². The van der Waals surface area contributed by atoms with Crippen LogP contribution in [0.2, 0.25) is 0 Å². The van der Waals surface area contributed by atoms with Crippen molar-refractivity contribution in [2.24, 2.45) is 16.4 Å². The summed E-state index contributed by atoms with van der Waals surface area (Å²) in [4.78, 5) is 13.5. The van der Waals surface area contributed by atoms with Gasteiger partial charge in [-0.05, 0) is 29.7 Å². The Bertz CT molecular complexity index is 311. The number of azide groups is 1. The third-order valence-electron chi connectivity index (χ3n) is 3.05. The van der Waals surface area contributed by atoms with Gasteiger partial charge in [0.25, 0.3) is 0 Å². The van der Waals surface area contributed by atoms with Crippen molar-refractivity contribution in [1.82, 2.24) is 5.32 Å². The van der Waals surface area contributed by atoms with E-state index in [1.165, 1.54) is 0 Å². The van der Waals surface area contributed by atoms with E-state index in [-0.39, 0.29) is 23.4 Å². The first-order valence-electron chi connectivity index (χ1n) is 5.38. The van der Waals surface area contributed by atoms with Gasteiger partial charge in [0, 0.05) is 17.0 Å². The Kier molecular flexibility index (Phi) is 3.65. The van der Waals surface area contributed by atoms with Crippen molar-refractivity contribution in [3.05, 3.63) is 10.4 Å². The quantitative estimate of drug-likeness (QED) is 0.439. The molecular weight excluding hydrogens is 208 g/mol. The van der Waals surface area contributed by atoms with Gasteiger partial charge in [-0.2, -0.15) is 0 Å². The van der Waals surface area contributed by atoms with Crippen LogP contribution in [0.25, 0.3) is 10.4 Å². The summed E-state index contributed by atoms with van der Waals surface area (Å²) in [6, 6.07) is -0.0504. The van der Waals surface area contributed by atoms with E-state index in [1.54, 1.807) is 0 Å². The third kappa shape index (κ3) is 3.03. The lowest BCUT2D eigenvalue weighted by Gasteiger charge is -2.44. The molecular formula is C10H18N4O2. The second-order valence-corrected chi connectivity index (χ2v) is 5.38. The van der Waals surface area contributed by atoms with Crippen molar-refractivity contribution >= 4 is 6.09 Å². The predicted octanol–water partition coefficient (Wildman–Crippen LogP) is 2.76.